The van der Waals surface area contributed by atoms with Gasteiger partial charge in [0.2, 0.25) is 5.75 Å². The lowest BCUT2D eigenvalue weighted by Crippen LogP contribution is -1.96. The summed E-state index contributed by atoms with van der Waals surface area (Å²) in [6.07, 6.45) is 3.91. The van der Waals surface area contributed by atoms with Gasteiger partial charge in [0.25, 0.3) is 0 Å². The van der Waals surface area contributed by atoms with E-state index >= 15 is 0 Å². The molecule has 0 N–H and O–H groups in total. The fourth-order valence-electron chi connectivity index (χ4n) is 2.54. The van der Waals surface area contributed by atoms with Crippen molar-refractivity contribution in [2.75, 3.05) is 28.4 Å². The molecule has 0 bridgehead atoms. The number of thiazole rings is 1. The van der Waals surface area contributed by atoms with E-state index in [9.17, 15) is 0 Å². The van der Waals surface area contributed by atoms with E-state index in [0.717, 1.165) is 26.5 Å². The molecule has 0 aliphatic heterocycles. The quantitative estimate of drug-likeness (QED) is 0.650. The van der Waals surface area contributed by atoms with Crippen LogP contribution in [0.4, 0.5) is 0 Å². The third-order valence-corrected chi connectivity index (χ3v) is 4.74. The van der Waals surface area contributed by atoms with Gasteiger partial charge in [-0.2, -0.15) is 0 Å². The van der Waals surface area contributed by atoms with E-state index < -0.39 is 0 Å². The zero-order chi connectivity index (χ0) is 17.8. The van der Waals surface area contributed by atoms with E-state index in [1.54, 1.807) is 39.8 Å². The first-order chi connectivity index (χ1) is 12.2. The van der Waals surface area contributed by atoms with Crippen molar-refractivity contribution < 1.29 is 18.9 Å². The highest BCUT2D eigenvalue weighted by atomic mass is 32.1. The second-order valence-electron chi connectivity index (χ2n) is 5.14. The first-order valence-electron chi connectivity index (χ1n) is 7.61. The van der Waals surface area contributed by atoms with Gasteiger partial charge < -0.3 is 18.9 Å². The maximum Gasteiger partial charge on any atom is 0.203 e. The van der Waals surface area contributed by atoms with Crippen molar-refractivity contribution in [3.8, 4) is 23.0 Å². The second kappa shape index (κ2) is 7.44. The van der Waals surface area contributed by atoms with Gasteiger partial charge in [0.05, 0.1) is 38.7 Å². The van der Waals surface area contributed by atoms with Crippen molar-refractivity contribution in [1.29, 1.82) is 0 Å². The molecule has 5 nitrogen and oxygen atoms in total. The van der Waals surface area contributed by atoms with E-state index in [1.807, 2.05) is 42.5 Å². The summed E-state index contributed by atoms with van der Waals surface area (Å²) in [5, 5.41) is 0.903. The third-order valence-electron chi connectivity index (χ3n) is 3.75. The molecule has 1 heterocycles. The van der Waals surface area contributed by atoms with E-state index in [-0.39, 0.29) is 0 Å². The number of nitrogens with zero attached hydrogens (tertiary/aromatic N) is 1. The van der Waals surface area contributed by atoms with Crippen LogP contribution in [0.2, 0.25) is 0 Å². The molecule has 25 heavy (non-hydrogen) atoms. The van der Waals surface area contributed by atoms with Crippen LogP contribution in [0.25, 0.3) is 22.4 Å². The fourth-order valence-corrected chi connectivity index (χ4v) is 3.44. The molecule has 2 aromatic carbocycles. The van der Waals surface area contributed by atoms with Crippen LogP contribution >= 0.6 is 11.3 Å². The zero-order valence-corrected chi connectivity index (χ0v) is 15.3. The molecule has 0 saturated carbocycles. The molecular formula is C19H19NO4S. The van der Waals surface area contributed by atoms with Gasteiger partial charge >= 0.3 is 0 Å². The smallest absolute Gasteiger partial charge is 0.203 e. The van der Waals surface area contributed by atoms with Gasteiger partial charge in [-0.3, -0.25) is 0 Å². The van der Waals surface area contributed by atoms with Gasteiger partial charge in [0, 0.05) is 5.56 Å². The summed E-state index contributed by atoms with van der Waals surface area (Å²) in [7, 11) is 6.46. The Morgan fingerprint density at radius 2 is 1.64 bits per heavy atom. The summed E-state index contributed by atoms with van der Waals surface area (Å²) in [5.74, 6) is 2.65. The third kappa shape index (κ3) is 3.39. The van der Waals surface area contributed by atoms with Gasteiger partial charge in [-0.05, 0) is 42.5 Å². The number of benzene rings is 2. The average Bonchev–Trinajstić information content (AvgIpc) is 3.07. The van der Waals surface area contributed by atoms with E-state index in [0.29, 0.717) is 17.2 Å². The van der Waals surface area contributed by atoms with Gasteiger partial charge in [-0.15, -0.1) is 11.3 Å². The predicted molar refractivity (Wildman–Crippen MR) is 101 cm³/mol. The lowest BCUT2D eigenvalue weighted by molar-refractivity contribution is 0.324. The van der Waals surface area contributed by atoms with Crippen molar-refractivity contribution in [2.24, 2.45) is 0 Å². The molecule has 3 rings (SSSR count). The molecule has 0 fully saturated rings. The standard InChI is InChI=1S/C19H19NO4S/c1-21-13-7-8-14-16(11-13)25-17(20-14)10-6-12-5-9-15(22-2)19(24-4)18(12)23-3/h5-11H,1-4H3. The monoisotopic (exact) mass is 357 g/mol. The number of rotatable bonds is 6. The number of aromatic nitrogens is 1. The summed E-state index contributed by atoms with van der Waals surface area (Å²) in [5.41, 5.74) is 1.83. The van der Waals surface area contributed by atoms with E-state index in [1.165, 1.54) is 0 Å². The molecule has 0 aliphatic carbocycles. The Morgan fingerprint density at radius 3 is 2.32 bits per heavy atom. The van der Waals surface area contributed by atoms with Crippen molar-refractivity contribution >= 4 is 33.7 Å². The van der Waals surface area contributed by atoms with Crippen LogP contribution in [-0.2, 0) is 0 Å². The van der Waals surface area contributed by atoms with Crippen molar-refractivity contribution in [3.63, 3.8) is 0 Å². The summed E-state index contributed by atoms with van der Waals surface area (Å²) in [4.78, 5) is 4.61. The van der Waals surface area contributed by atoms with Crippen LogP contribution in [0.3, 0.4) is 0 Å². The Morgan fingerprint density at radius 1 is 0.840 bits per heavy atom. The maximum absolute atomic E-state index is 5.50. The van der Waals surface area contributed by atoms with Crippen LogP contribution in [-0.4, -0.2) is 33.4 Å². The minimum Gasteiger partial charge on any atom is -0.497 e. The summed E-state index contributed by atoms with van der Waals surface area (Å²) in [6.45, 7) is 0. The van der Waals surface area contributed by atoms with Crippen LogP contribution in [0.5, 0.6) is 23.0 Å². The summed E-state index contributed by atoms with van der Waals surface area (Å²) < 4.78 is 22.6. The van der Waals surface area contributed by atoms with E-state index in [4.69, 9.17) is 18.9 Å². The molecule has 0 aliphatic rings. The Balaban J connectivity index is 1.96. The molecule has 0 saturated heterocycles. The van der Waals surface area contributed by atoms with Gasteiger partial charge in [0.15, 0.2) is 11.5 Å². The molecule has 6 heteroatoms. The molecule has 0 amide bonds. The Bertz CT molecular complexity index is 917. The summed E-state index contributed by atoms with van der Waals surface area (Å²) in [6, 6.07) is 9.63. The highest BCUT2D eigenvalue weighted by Gasteiger charge is 2.14. The van der Waals surface area contributed by atoms with Gasteiger partial charge in [-0.1, -0.05) is 0 Å². The zero-order valence-electron chi connectivity index (χ0n) is 14.5. The molecule has 1 aromatic heterocycles. The molecule has 0 unspecified atom stereocenters. The van der Waals surface area contributed by atoms with Crippen molar-refractivity contribution in [3.05, 3.63) is 40.9 Å². The predicted octanol–water partition coefficient (Wildman–Crippen LogP) is 4.50. The SMILES string of the molecule is COc1ccc2nc(C=Cc3ccc(OC)c(OC)c3OC)sc2c1. The molecular weight excluding hydrogens is 338 g/mol. The highest BCUT2D eigenvalue weighted by molar-refractivity contribution is 7.19. The number of methoxy groups -OCH3 is 4. The molecule has 3 aromatic rings. The minimum atomic E-state index is 0.571. The minimum absolute atomic E-state index is 0.571. The molecule has 0 radical (unpaired) electrons. The fraction of sp³-hybridized carbons (Fsp3) is 0.211. The Kier molecular flexibility index (Phi) is 5.09. The van der Waals surface area contributed by atoms with Crippen LogP contribution in [0.1, 0.15) is 10.6 Å². The van der Waals surface area contributed by atoms with Crippen LogP contribution < -0.4 is 18.9 Å². The molecule has 0 spiro atoms. The lowest BCUT2D eigenvalue weighted by atomic mass is 10.1. The first kappa shape index (κ1) is 17.1. The highest BCUT2D eigenvalue weighted by Crippen LogP contribution is 2.40. The summed E-state index contributed by atoms with van der Waals surface area (Å²) >= 11 is 1.60. The van der Waals surface area contributed by atoms with Crippen LogP contribution in [0, 0.1) is 0 Å². The van der Waals surface area contributed by atoms with E-state index in [2.05, 4.69) is 4.98 Å². The van der Waals surface area contributed by atoms with Gasteiger partial charge in [0.1, 0.15) is 10.8 Å². The molecule has 130 valence electrons. The topological polar surface area (TPSA) is 49.8 Å². The normalized spacial score (nSPS) is 11.0. The van der Waals surface area contributed by atoms with Crippen molar-refractivity contribution in [2.45, 2.75) is 0 Å². The average molecular weight is 357 g/mol. The second-order valence-corrected chi connectivity index (χ2v) is 6.20. The number of ether oxygens (including phenoxy) is 4. The number of fused-ring (bicyclic) bond motifs is 1. The Labute approximate surface area is 150 Å². The maximum atomic E-state index is 5.50. The van der Waals surface area contributed by atoms with Crippen molar-refractivity contribution in [1.82, 2.24) is 4.98 Å². The lowest BCUT2D eigenvalue weighted by Gasteiger charge is -2.13. The first-order valence-corrected chi connectivity index (χ1v) is 8.43. The number of hydrogen-bond donors (Lipinski definition) is 0. The van der Waals surface area contributed by atoms with Crippen LogP contribution in [0.15, 0.2) is 30.3 Å². The van der Waals surface area contributed by atoms with Gasteiger partial charge in [-0.25, -0.2) is 4.98 Å². The Hall–Kier alpha value is -2.73. The number of hydrogen-bond acceptors (Lipinski definition) is 6. The largest absolute Gasteiger partial charge is 0.497 e. The molecule has 0 atom stereocenters.